The van der Waals surface area contributed by atoms with Crippen LogP contribution in [0.15, 0.2) is 0 Å². The van der Waals surface area contributed by atoms with E-state index in [1.165, 1.54) is 20.8 Å². The molecular formula is C7H16O4S2. The molecule has 0 atom stereocenters. The van der Waals surface area contributed by atoms with Gasteiger partial charge in [-0.1, -0.05) is 6.92 Å². The zero-order chi connectivity index (χ0) is 10.9. The summed E-state index contributed by atoms with van der Waals surface area (Å²) in [5.41, 5.74) is 0. The van der Waals surface area contributed by atoms with Crippen LogP contribution in [-0.2, 0) is 17.7 Å². The lowest BCUT2D eigenvalue weighted by molar-refractivity contribution is 0.559. The van der Waals surface area contributed by atoms with E-state index in [4.69, 9.17) is 0 Å². The van der Waals surface area contributed by atoms with E-state index in [-0.39, 0.29) is 5.75 Å². The van der Waals surface area contributed by atoms with Crippen molar-refractivity contribution in [3.05, 3.63) is 0 Å². The van der Waals surface area contributed by atoms with E-state index in [1.807, 2.05) is 0 Å². The molecule has 0 aromatic heterocycles. The largest absolute Gasteiger partial charge is 0.258 e. The van der Waals surface area contributed by atoms with E-state index in [0.717, 1.165) is 0 Å². The molecular weight excluding hydrogens is 212 g/mol. The highest BCUT2D eigenvalue weighted by atomic mass is 33.2. The Bertz CT molecular complexity index is 356. The van der Waals surface area contributed by atoms with Gasteiger partial charge in [-0.25, -0.2) is 16.8 Å². The van der Waals surface area contributed by atoms with Gasteiger partial charge in [-0.3, -0.25) is 0 Å². The first-order valence-corrected chi connectivity index (χ1v) is 7.69. The van der Waals surface area contributed by atoms with Crippen LogP contribution in [0.1, 0.15) is 34.1 Å². The van der Waals surface area contributed by atoms with Crippen LogP contribution in [0.25, 0.3) is 0 Å². The Hall–Kier alpha value is -0.100. The highest BCUT2D eigenvalue weighted by Crippen LogP contribution is 2.22. The van der Waals surface area contributed by atoms with Gasteiger partial charge in [0.2, 0.25) is 0 Å². The van der Waals surface area contributed by atoms with E-state index in [0.29, 0.717) is 6.42 Å². The predicted molar refractivity (Wildman–Crippen MR) is 52.8 cm³/mol. The molecule has 0 rings (SSSR count). The lowest BCUT2D eigenvalue weighted by Crippen LogP contribution is -2.35. The Morgan fingerprint density at radius 3 is 1.62 bits per heavy atom. The summed E-state index contributed by atoms with van der Waals surface area (Å²) in [6.07, 6.45) is 0.317. The van der Waals surface area contributed by atoms with Crippen molar-refractivity contribution in [3.63, 3.8) is 0 Å². The molecule has 0 aliphatic rings. The minimum atomic E-state index is -4.07. The van der Waals surface area contributed by atoms with Crippen molar-refractivity contribution < 1.29 is 16.8 Å². The van der Waals surface area contributed by atoms with E-state index >= 15 is 0 Å². The molecule has 0 radical (unpaired) electrons. The van der Waals surface area contributed by atoms with Crippen molar-refractivity contribution in [2.45, 2.75) is 38.9 Å². The lowest BCUT2D eigenvalue weighted by atomic mass is 10.3. The third kappa shape index (κ3) is 2.43. The van der Waals surface area contributed by atoms with Crippen LogP contribution in [-0.4, -0.2) is 27.3 Å². The second-order valence-corrected chi connectivity index (χ2v) is 10.3. The SMILES string of the molecule is CCCS(=O)(=O)S(=O)(=O)C(C)(C)C. The van der Waals surface area contributed by atoms with Crippen LogP contribution in [0.5, 0.6) is 0 Å². The third-order valence-corrected chi connectivity index (χ3v) is 8.62. The fourth-order valence-electron chi connectivity index (χ4n) is 0.741. The lowest BCUT2D eigenvalue weighted by Gasteiger charge is -2.18. The van der Waals surface area contributed by atoms with Crippen LogP contribution in [0.4, 0.5) is 0 Å². The molecule has 0 saturated heterocycles. The summed E-state index contributed by atoms with van der Waals surface area (Å²) in [6.45, 7) is 5.79. The van der Waals surface area contributed by atoms with Crippen molar-refractivity contribution >= 4 is 17.7 Å². The number of hydrogen-bond acceptors (Lipinski definition) is 4. The first-order chi connectivity index (χ1) is 5.56. The van der Waals surface area contributed by atoms with E-state index < -0.39 is 22.5 Å². The summed E-state index contributed by atoms with van der Waals surface area (Å²) in [5, 5.41) is 0. The Morgan fingerprint density at radius 2 is 1.38 bits per heavy atom. The Balaban J connectivity index is 5.34. The molecule has 6 heteroatoms. The fourth-order valence-corrected chi connectivity index (χ4v) is 5.67. The Labute approximate surface area is 79.6 Å². The summed E-state index contributed by atoms with van der Waals surface area (Å²) in [7, 11) is -8.06. The molecule has 13 heavy (non-hydrogen) atoms. The smallest absolute Gasteiger partial charge is 0.213 e. The molecule has 80 valence electrons. The topological polar surface area (TPSA) is 68.3 Å². The van der Waals surface area contributed by atoms with Gasteiger partial charge in [0.15, 0.2) is 0 Å². The van der Waals surface area contributed by atoms with Gasteiger partial charge in [0.25, 0.3) is 17.7 Å². The number of hydrogen-bond donors (Lipinski definition) is 0. The summed E-state index contributed by atoms with van der Waals surface area (Å²) in [4.78, 5) is 0. The molecule has 0 aliphatic heterocycles. The molecule has 0 fully saturated rings. The van der Waals surface area contributed by atoms with Crippen molar-refractivity contribution in [1.29, 1.82) is 0 Å². The van der Waals surface area contributed by atoms with Crippen LogP contribution in [0, 0.1) is 0 Å². The fraction of sp³-hybridized carbons (Fsp3) is 1.00. The van der Waals surface area contributed by atoms with Gasteiger partial charge in [0.05, 0.1) is 10.5 Å². The Kier molecular flexibility index (Phi) is 3.54. The second kappa shape index (κ2) is 3.57. The van der Waals surface area contributed by atoms with Gasteiger partial charge in [0.1, 0.15) is 0 Å². The molecule has 0 saturated carbocycles. The molecule has 0 amide bonds. The summed E-state index contributed by atoms with van der Waals surface area (Å²) in [6, 6.07) is 0. The minimum Gasteiger partial charge on any atom is -0.213 e. The Morgan fingerprint density at radius 1 is 1.00 bits per heavy atom. The van der Waals surface area contributed by atoms with Crippen LogP contribution in [0.2, 0.25) is 0 Å². The number of rotatable bonds is 3. The molecule has 0 aromatic carbocycles. The maximum atomic E-state index is 11.5. The van der Waals surface area contributed by atoms with Crippen molar-refractivity contribution in [3.8, 4) is 0 Å². The normalized spacial score (nSPS) is 14.5. The van der Waals surface area contributed by atoms with E-state index in [2.05, 4.69) is 0 Å². The van der Waals surface area contributed by atoms with Crippen LogP contribution < -0.4 is 0 Å². The summed E-state index contributed by atoms with van der Waals surface area (Å²) in [5.74, 6) is -0.299. The van der Waals surface area contributed by atoms with Gasteiger partial charge in [-0.2, -0.15) is 0 Å². The zero-order valence-electron chi connectivity index (χ0n) is 8.36. The summed E-state index contributed by atoms with van der Waals surface area (Å²) < 4.78 is 44.3. The molecule has 4 nitrogen and oxygen atoms in total. The van der Waals surface area contributed by atoms with Crippen molar-refractivity contribution in [1.82, 2.24) is 0 Å². The van der Waals surface area contributed by atoms with Gasteiger partial charge in [0, 0.05) is 0 Å². The molecule has 0 N–H and O–H groups in total. The van der Waals surface area contributed by atoms with Crippen LogP contribution in [0.3, 0.4) is 0 Å². The van der Waals surface area contributed by atoms with Crippen molar-refractivity contribution in [2.75, 3.05) is 5.75 Å². The van der Waals surface area contributed by atoms with Gasteiger partial charge >= 0.3 is 0 Å². The van der Waals surface area contributed by atoms with E-state index in [1.54, 1.807) is 6.92 Å². The van der Waals surface area contributed by atoms with Gasteiger partial charge < -0.3 is 0 Å². The average Bonchev–Trinajstić information content (AvgIpc) is 1.84. The molecule has 0 bridgehead atoms. The van der Waals surface area contributed by atoms with E-state index in [9.17, 15) is 16.8 Å². The molecule has 0 heterocycles. The van der Waals surface area contributed by atoms with Crippen LogP contribution >= 0.6 is 0 Å². The maximum absolute atomic E-state index is 11.5. The standard InChI is InChI=1S/C7H16O4S2/c1-5-6-12(8,9)13(10,11)7(2,3)4/h5-6H2,1-4H3. The maximum Gasteiger partial charge on any atom is 0.258 e. The van der Waals surface area contributed by atoms with Gasteiger partial charge in [-0.15, -0.1) is 0 Å². The molecule has 0 spiro atoms. The quantitative estimate of drug-likeness (QED) is 0.674. The monoisotopic (exact) mass is 228 g/mol. The molecule has 0 aliphatic carbocycles. The molecule has 0 unspecified atom stereocenters. The first kappa shape index (κ1) is 12.9. The summed E-state index contributed by atoms with van der Waals surface area (Å²) >= 11 is 0. The zero-order valence-corrected chi connectivity index (χ0v) is 10.00. The molecule has 0 aromatic rings. The average molecular weight is 228 g/mol. The first-order valence-electron chi connectivity index (χ1n) is 4.03. The van der Waals surface area contributed by atoms with Gasteiger partial charge in [-0.05, 0) is 27.2 Å². The van der Waals surface area contributed by atoms with Crippen molar-refractivity contribution in [2.24, 2.45) is 0 Å². The highest BCUT2D eigenvalue weighted by Gasteiger charge is 2.40. The highest BCUT2D eigenvalue weighted by molar-refractivity contribution is 8.67. The predicted octanol–water partition coefficient (Wildman–Crippen LogP) is 0.939. The third-order valence-electron chi connectivity index (χ3n) is 1.54. The minimum absolute atomic E-state index is 0.299. The second-order valence-electron chi connectivity index (χ2n) is 3.83.